The highest BCUT2D eigenvalue weighted by atomic mass is 15.1. The maximum Gasteiger partial charge on any atom is 0.131 e. The Kier molecular flexibility index (Phi) is 5.38. The van der Waals surface area contributed by atoms with Crippen molar-refractivity contribution in [3.05, 3.63) is 12.4 Å². The van der Waals surface area contributed by atoms with Gasteiger partial charge in [0.05, 0.1) is 0 Å². The van der Waals surface area contributed by atoms with Crippen molar-refractivity contribution in [2.75, 3.05) is 17.2 Å². The van der Waals surface area contributed by atoms with Gasteiger partial charge in [-0.2, -0.15) is 0 Å². The van der Waals surface area contributed by atoms with E-state index in [2.05, 4.69) is 55.2 Å². The Labute approximate surface area is 111 Å². The first kappa shape index (κ1) is 14.7. The SMILES string of the molecule is CCCC(C)(C)CNc1cc(NC(C)C)ncn1. The second-order valence-corrected chi connectivity index (χ2v) is 5.86. The van der Waals surface area contributed by atoms with Gasteiger partial charge in [0, 0.05) is 18.7 Å². The topological polar surface area (TPSA) is 49.8 Å². The number of hydrogen-bond donors (Lipinski definition) is 2. The average molecular weight is 250 g/mol. The monoisotopic (exact) mass is 250 g/mol. The molecular formula is C14H26N4. The quantitative estimate of drug-likeness (QED) is 0.777. The summed E-state index contributed by atoms with van der Waals surface area (Å²) in [6.45, 7) is 11.9. The molecule has 0 saturated heterocycles. The molecular weight excluding hydrogens is 224 g/mol. The molecule has 0 fully saturated rings. The van der Waals surface area contributed by atoms with Crippen molar-refractivity contribution in [1.29, 1.82) is 0 Å². The van der Waals surface area contributed by atoms with Crippen LogP contribution in [0, 0.1) is 5.41 Å². The number of hydrogen-bond acceptors (Lipinski definition) is 4. The van der Waals surface area contributed by atoms with Gasteiger partial charge in [0.15, 0.2) is 0 Å². The number of nitrogens with one attached hydrogen (secondary N) is 2. The van der Waals surface area contributed by atoms with E-state index in [1.165, 1.54) is 12.8 Å². The van der Waals surface area contributed by atoms with Gasteiger partial charge in [-0.15, -0.1) is 0 Å². The first-order valence-corrected chi connectivity index (χ1v) is 6.75. The lowest BCUT2D eigenvalue weighted by Gasteiger charge is -2.24. The third kappa shape index (κ3) is 5.34. The van der Waals surface area contributed by atoms with E-state index in [0.29, 0.717) is 11.5 Å². The van der Waals surface area contributed by atoms with E-state index in [1.807, 2.05) is 6.07 Å². The van der Waals surface area contributed by atoms with Gasteiger partial charge in [-0.3, -0.25) is 0 Å². The zero-order chi connectivity index (χ0) is 13.6. The molecule has 0 unspecified atom stereocenters. The molecule has 102 valence electrons. The van der Waals surface area contributed by atoms with E-state index >= 15 is 0 Å². The van der Waals surface area contributed by atoms with Crippen LogP contribution in [0.15, 0.2) is 12.4 Å². The molecule has 18 heavy (non-hydrogen) atoms. The summed E-state index contributed by atoms with van der Waals surface area (Å²) in [6.07, 6.45) is 4.01. The van der Waals surface area contributed by atoms with Gasteiger partial charge >= 0.3 is 0 Å². The fourth-order valence-electron chi connectivity index (χ4n) is 1.92. The van der Waals surface area contributed by atoms with E-state index in [9.17, 15) is 0 Å². The molecule has 1 heterocycles. The molecule has 0 aliphatic rings. The Bertz CT molecular complexity index is 361. The predicted molar refractivity (Wildman–Crippen MR) is 78.0 cm³/mol. The van der Waals surface area contributed by atoms with Crippen LogP contribution >= 0.6 is 0 Å². The lowest BCUT2D eigenvalue weighted by molar-refractivity contribution is 0.354. The third-order valence-corrected chi connectivity index (χ3v) is 2.78. The minimum absolute atomic E-state index is 0.297. The van der Waals surface area contributed by atoms with E-state index in [0.717, 1.165) is 18.2 Å². The molecule has 0 radical (unpaired) electrons. The summed E-state index contributed by atoms with van der Waals surface area (Å²) in [5.74, 6) is 1.76. The van der Waals surface area contributed by atoms with E-state index in [1.54, 1.807) is 6.33 Å². The standard InChI is InChI=1S/C14H26N4/c1-6-7-14(4,5)9-15-12-8-13(17-10-16-12)18-11(2)3/h8,10-11H,6-7,9H2,1-5H3,(H2,15,16,17,18). The molecule has 0 aliphatic heterocycles. The number of anilines is 2. The largest absolute Gasteiger partial charge is 0.369 e. The first-order valence-electron chi connectivity index (χ1n) is 6.75. The maximum atomic E-state index is 4.25. The molecule has 0 amide bonds. The van der Waals surface area contributed by atoms with Crippen molar-refractivity contribution < 1.29 is 0 Å². The second kappa shape index (κ2) is 6.57. The average Bonchev–Trinajstić information content (AvgIpc) is 2.26. The van der Waals surface area contributed by atoms with Gasteiger partial charge in [0.25, 0.3) is 0 Å². The summed E-state index contributed by atoms with van der Waals surface area (Å²) in [5, 5.41) is 6.67. The van der Waals surface area contributed by atoms with Crippen molar-refractivity contribution in [2.24, 2.45) is 5.41 Å². The van der Waals surface area contributed by atoms with E-state index in [-0.39, 0.29) is 0 Å². The Balaban J connectivity index is 2.57. The van der Waals surface area contributed by atoms with Gasteiger partial charge in [-0.1, -0.05) is 27.2 Å². The van der Waals surface area contributed by atoms with Crippen LogP contribution in [-0.4, -0.2) is 22.6 Å². The minimum Gasteiger partial charge on any atom is -0.369 e. The summed E-state index contributed by atoms with van der Waals surface area (Å²) >= 11 is 0. The lowest BCUT2D eigenvalue weighted by Crippen LogP contribution is -2.23. The summed E-state index contributed by atoms with van der Waals surface area (Å²) in [7, 11) is 0. The van der Waals surface area contributed by atoms with Crippen LogP contribution in [0.3, 0.4) is 0 Å². The Morgan fingerprint density at radius 2 is 1.89 bits per heavy atom. The Morgan fingerprint density at radius 1 is 1.22 bits per heavy atom. The second-order valence-electron chi connectivity index (χ2n) is 5.86. The molecule has 0 saturated carbocycles. The van der Waals surface area contributed by atoms with Crippen LogP contribution in [-0.2, 0) is 0 Å². The zero-order valence-corrected chi connectivity index (χ0v) is 12.2. The molecule has 0 spiro atoms. The van der Waals surface area contributed by atoms with Crippen LogP contribution in [0.2, 0.25) is 0 Å². The summed E-state index contributed by atoms with van der Waals surface area (Å²) in [6, 6.07) is 2.34. The number of aromatic nitrogens is 2. The molecule has 4 heteroatoms. The number of rotatable bonds is 7. The summed E-state index contributed by atoms with van der Waals surface area (Å²) in [4.78, 5) is 8.45. The van der Waals surface area contributed by atoms with Crippen molar-refractivity contribution in [3.8, 4) is 0 Å². The molecule has 1 aromatic heterocycles. The van der Waals surface area contributed by atoms with Crippen molar-refractivity contribution in [1.82, 2.24) is 9.97 Å². The normalized spacial score (nSPS) is 11.7. The predicted octanol–water partition coefficient (Wildman–Crippen LogP) is 3.54. The fraction of sp³-hybridized carbons (Fsp3) is 0.714. The lowest BCUT2D eigenvalue weighted by atomic mass is 9.88. The van der Waals surface area contributed by atoms with Crippen LogP contribution in [0.1, 0.15) is 47.5 Å². The van der Waals surface area contributed by atoms with Gasteiger partial charge in [-0.05, 0) is 25.7 Å². The first-order chi connectivity index (χ1) is 8.43. The van der Waals surface area contributed by atoms with Crippen LogP contribution in [0.4, 0.5) is 11.6 Å². The van der Waals surface area contributed by atoms with Crippen LogP contribution in [0.25, 0.3) is 0 Å². The molecule has 1 aromatic rings. The van der Waals surface area contributed by atoms with Crippen LogP contribution in [0.5, 0.6) is 0 Å². The molecule has 1 rings (SSSR count). The van der Waals surface area contributed by atoms with Crippen molar-refractivity contribution in [3.63, 3.8) is 0 Å². The maximum absolute atomic E-state index is 4.25. The molecule has 0 bridgehead atoms. The molecule has 2 N–H and O–H groups in total. The number of nitrogens with zero attached hydrogens (tertiary/aromatic N) is 2. The van der Waals surface area contributed by atoms with Gasteiger partial charge in [0.1, 0.15) is 18.0 Å². The van der Waals surface area contributed by atoms with E-state index in [4.69, 9.17) is 0 Å². The van der Waals surface area contributed by atoms with Gasteiger partial charge in [0.2, 0.25) is 0 Å². The molecule has 0 atom stereocenters. The Morgan fingerprint density at radius 3 is 2.50 bits per heavy atom. The molecule has 0 aromatic carbocycles. The van der Waals surface area contributed by atoms with Gasteiger partial charge in [-0.25, -0.2) is 9.97 Å². The molecule has 0 aliphatic carbocycles. The summed E-state index contributed by atoms with van der Waals surface area (Å²) < 4.78 is 0. The summed E-state index contributed by atoms with van der Waals surface area (Å²) in [5.41, 5.74) is 0.297. The smallest absolute Gasteiger partial charge is 0.131 e. The fourth-order valence-corrected chi connectivity index (χ4v) is 1.92. The zero-order valence-electron chi connectivity index (χ0n) is 12.2. The van der Waals surface area contributed by atoms with Crippen molar-refractivity contribution in [2.45, 2.75) is 53.5 Å². The van der Waals surface area contributed by atoms with E-state index < -0.39 is 0 Å². The minimum atomic E-state index is 0.297. The third-order valence-electron chi connectivity index (χ3n) is 2.78. The highest BCUT2D eigenvalue weighted by Gasteiger charge is 2.16. The van der Waals surface area contributed by atoms with Crippen LogP contribution < -0.4 is 10.6 Å². The molecule has 4 nitrogen and oxygen atoms in total. The highest BCUT2D eigenvalue weighted by Crippen LogP contribution is 2.22. The highest BCUT2D eigenvalue weighted by molar-refractivity contribution is 5.46. The van der Waals surface area contributed by atoms with Crippen molar-refractivity contribution >= 4 is 11.6 Å². The van der Waals surface area contributed by atoms with Gasteiger partial charge < -0.3 is 10.6 Å². The Hall–Kier alpha value is -1.32.